The van der Waals surface area contributed by atoms with Crippen molar-refractivity contribution in [2.24, 2.45) is 7.05 Å². The SMILES string of the molecule is COc1cccc(F)c1C(O)Cc1cc(C)nn1C. The van der Waals surface area contributed by atoms with E-state index in [1.54, 1.807) is 23.9 Å². The third kappa shape index (κ3) is 2.76. The molecule has 5 heteroatoms. The molecular weight excluding hydrogens is 247 g/mol. The molecule has 2 rings (SSSR count). The molecule has 0 aliphatic rings. The Balaban J connectivity index is 2.30. The highest BCUT2D eigenvalue weighted by Gasteiger charge is 2.20. The Labute approximate surface area is 111 Å². The molecule has 1 aromatic heterocycles. The molecule has 0 aliphatic heterocycles. The number of aromatic nitrogens is 2. The van der Waals surface area contributed by atoms with Crippen LogP contribution in [-0.4, -0.2) is 22.0 Å². The van der Waals surface area contributed by atoms with Crippen LogP contribution in [0.15, 0.2) is 24.3 Å². The van der Waals surface area contributed by atoms with Gasteiger partial charge in [0.15, 0.2) is 0 Å². The van der Waals surface area contributed by atoms with E-state index < -0.39 is 11.9 Å². The van der Waals surface area contributed by atoms with Gasteiger partial charge in [0.1, 0.15) is 11.6 Å². The fraction of sp³-hybridized carbons (Fsp3) is 0.357. The highest BCUT2D eigenvalue weighted by molar-refractivity contribution is 5.37. The van der Waals surface area contributed by atoms with E-state index in [4.69, 9.17) is 4.74 Å². The number of hydrogen-bond donors (Lipinski definition) is 1. The summed E-state index contributed by atoms with van der Waals surface area (Å²) in [5, 5.41) is 14.4. The second kappa shape index (κ2) is 5.40. The van der Waals surface area contributed by atoms with Crippen LogP contribution in [0.5, 0.6) is 5.75 Å². The molecule has 1 aromatic carbocycles. The fourth-order valence-electron chi connectivity index (χ4n) is 2.17. The highest BCUT2D eigenvalue weighted by Crippen LogP contribution is 2.30. The van der Waals surface area contributed by atoms with Crippen molar-refractivity contribution >= 4 is 0 Å². The zero-order valence-electron chi connectivity index (χ0n) is 11.2. The molecule has 0 aliphatic carbocycles. The third-order valence-corrected chi connectivity index (χ3v) is 3.07. The van der Waals surface area contributed by atoms with E-state index in [0.717, 1.165) is 11.4 Å². The van der Waals surface area contributed by atoms with Crippen molar-refractivity contribution in [3.8, 4) is 5.75 Å². The number of hydrogen-bond acceptors (Lipinski definition) is 3. The van der Waals surface area contributed by atoms with Crippen molar-refractivity contribution in [3.63, 3.8) is 0 Å². The number of methoxy groups -OCH3 is 1. The zero-order chi connectivity index (χ0) is 14.0. The van der Waals surface area contributed by atoms with Gasteiger partial charge < -0.3 is 9.84 Å². The van der Waals surface area contributed by atoms with Crippen LogP contribution in [0.25, 0.3) is 0 Å². The summed E-state index contributed by atoms with van der Waals surface area (Å²) in [6.07, 6.45) is -0.680. The normalized spacial score (nSPS) is 12.5. The minimum Gasteiger partial charge on any atom is -0.496 e. The van der Waals surface area contributed by atoms with E-state index in [-0.39, 0.29) is 12.0 Å². The summed E-state index contributed by atoms with van der Waals surface area (Å²) in [6.45, 7) is 1.87. The Kier molecular flexibility index (Phi) is 3.85. The first-order valence-corrected chi connectivity index (χ1v) is 6.03. The van der Waals surface area contributed by atoms with Crippen LogP contribution in [0, 0.1) is 12.7 Å². The molecule has 102 valence electrons. The topological polar surface area (TPSA) is 47.3 Å². The molecule has 4 nitrogen and oxygen atoms in total. The summed E-state index contributed by atoms with van der Waals surface area (Å²) in [5.74, 6) is -0.114. The molecule has 0 saturated carbocycles. The number of benzene rings is 1. The highest BCUT2D eigenvalue weighted by atomic mass is 19.1. The molecule has 0 fully saturated rings. The second-order valence-electron chi connectivity index (χ2n) is 4.48. The number of ether oxygens (including phenoxy) is 1. The van der Waals surface area contributed by atoms with Crippen LogP contribution in [0.3, 0.4) is 0 Å². The van der Waals surface area contributed by atoms with Crippen LogP contribution in [0.4, 0.5) is 4.39 Å². The van der Waals surface area contributed by atoms with Gasteiger partial charge in [-0.2, -0.15) is 5.10 Å². The summed E-state index contributed by atoms with van der Waals surface area (Å²) in [5.41, 5.74) is 1.89. The van der Waals surface area contributed by atoms with Crippen molar-refractivity contribution in [1.29, 1.82) is 0 Å². The molecule has 1 unspecified atom stereocenters. The van der Waals surface area contributed by atoms with E-state index >= 15 is 0 Å². The second-order valence-corrected chi connectivity index (χ2v) is 4.48. The van der Waals surface area contributed by atoms with E-state index in [1.165, 1.54) is 13.2 Å². The van der Waals surface area contributed by atoms with Crippen molar-refractivity contribution in [2.75, 3.05) is 7.11 Å². The summed E-state index contributed by atoms with van der Waals surface area (Å²) < 4.78 is 20.6. The summed E-state index contributed by atoms with van der Waals surface area (Å²) >= 11 is 0. The lowest BCUT2D eigenvalue weighted by Crippen LogP contribution is -2.09. The third-order valence-electron chi connectivity index (χ3n) is 3.07. The molecule has 19 heavy (non-hydrogen) atoms. The Hall–Kier alpha value is -1.88. The first-order valence-electron chi connectivity index (χ1n) is 6.03. The standard InChI is InChI=1S/C14H17FN2O2/c1-9-7-10(17(2)16-9)8-12(18)14-11(15)5-4-6-13(14)19-3/h4-7,12,18H,8H2,1-3H3. The summed E-state index contributed by atoms with van der Waals surface area (Å²) in [4.78, 5) is 0. The molecule has 0 saturated heterocycles. The maximum atomic E-state index is 13.8. The molecule has 1 N–H and O–H groups in total. The van der Waals surface area contributed by atoms with Gasteiger partial charge in [-0.15, -0.1) is 0 Å². The van der Waals surface area contributed by atoms with Gasteiger partial charge in [-0.1, -0.05) is 6.07 Å². The maximum Gasteiger partial charge on any atom is 0.132 e. The monoisotopic (exact) mass is 264 g/mol. The smallest absolute Gasteiger partial charge is 0.132 e. The first kappa shape index (κ1) is 13.5. The average Bonchev–Trinajstić information content (AvgIpc) is 2.67. The molecule has 1 heterocycles. The van der Waals surface area contributed by atoms with Crippen molar-refractivity contribution in [1.82, 2.24) is 9.78 Å². The largest absolute Gasteiger partial charge is 0.496 e. The lowest BCUT2D eigenvalue weighted by atomic mass is 10.0. The van der Waals surface area contributed by atoms with Gasteiger partial charge in [0, 0.05) is 19.2 Å². The van der Waals surface area contributed by atoms with Gasteiger partial charge in [-0.3, -0.25) is 4.68 Å². The molecule has 0 amide bonds. The summed E-state index contributed by atoms with van der Waals surface area (Å²) in [6, 6.07) is 6.38. The number of aliphatic hydroxyl groups is 1. The molecule has 0 spiro atoms. The van der Waals surface area contributed by atoms with Crippen LogP contribution in [0.2, 0.25) is 0 Å². The zero-order valence-corrected chi connectivity index (χ0v) is 11.2. The van der Waals surface area contributed by atoms with Crippen molar-refractivity contribution < 1.29 is 14.2 Å². The lowest BCUT2D eigenvalue weighted by Gasteiger charge is -2.15. The van der Waals surface area contributed by atoms with E-state index in [0.29, 0.717) is 5.75 Å². The van der Waals surface area contributed by atoms with Gasteiger partial charge in [0.25, 0.3) is 0 Å². The lowest BCUT2D eigenvalue weighted by molar-refractivity contribution is 0.166. The molecule has 0 bridgehead atoms. The Morgan fingerprint density at radius 1 is 1.47 bits per heavy atom. The molecule has 2 aromatic rings. The van der Waals surface area contributed by atoms with Crippen molar-refractivity contribution in [2.45, 2.75) is 19.4 Å². The average molecular weight is 264 g/mol. The van der Waals surface area contributed by atoms with Crippen LogP contribution in [0.1, 0.15) is 23.1 Å². The Morgan fingerprint density at radius 3 is 2.79 bits per heavy atom. The molecule has 0 radical (unpaired) electrons. The Bertz CT molecular complexity index is 581. The minimum absolute atomic E-state index is 0.184. The first-order chi connectivity index (χ1) is 9.02. The quantitative estimate of drug-likeness (QED) is 0.920. The predicted octanol–water partition coefficient (Wildman–Crippen LogP) is 2.15. The van der Waals surface area contributed by atoms with Gasteiger partial charge in [-0.05, 0) is 25.1 Å². The van der Waals surface area contributed by atoms with Gasteiger partial charge in [-0.25, -0.2) is 4.39 Å². The van der Waals surface area contributed by atoms with Crippen LogP contribution < -0.4 is 4.74 Å². The van der Waals surface area contributed by atoms with E-state index in [2.05, 4.69) is 5.10 Å². The van der Waals surface area contributed by atoms with Gasteiger partial charge >= 0.3 is 0 Å². The molecular formula is C14H17FN2O2. The van der Waals surface area contributed by atoms with Gasteiger partial charge in [0.2, 0.25) is 0 Å². The van der Waals surface area contributed by atoms with Crippen LogP contribution in [-0.2, 0) is 13.5 Å². The van der Waals surface area contributed by atoms with Crippen molar-refractivity contribution in [3.05, 3.63) is 47.0 Å². The number of aliphatic hydroxyl groups excluding tert-OH is 1. The van der Waals surface area contributed by atoms with E-state index in [1.807, 2.05) is 13.0 Å². The van der Waals surface area contributed by atoms with E-state index in [9.17, 15) is 9.50 Å². The fourth-order valence-corrected chi connectivity index (χ4v) is 2.17. The Morgan fingerprint density at radius 2 is 2.21 bits per heavy atom. The number of aryl methyl sites for hydroxylation is 2. The summed E-state index contributed by atoms with van der Waals surface area (Å²) in [7, 11) is 3.26. The number of nitrogens with zero attached hydrogens (tertiary/aromatic N) is 2. The minimum atomic E-state index is -0.967. The predicted molar refractivity (Wildman–Crippen MR) is 69.6 cm³/mol. The number of halogens is 1. The maximum absolute atomic E-state index is 13.8. The molecule has 1 atom stereocenters. The van der Waals surface area contributed by atoms with Crippen LogP contribution >= 0.6 is 0 Å². The van der Waals surface area contributed by atoms with Gasteiger partial charge in [0.05, 0.1) is 24.5 Å². The number of rotatable bonds is 4.